The first kappa shape index (κ1) is 19.3. The van der Waals surface area contributed by atoms with E-state index in [9.17, 15) is 13.6 Å². The van der Waals surface area contributed by atoms with Crippen molar-refractivity contribution in [2.45, 2.75) is 32.4 Å². The Labute approximate surface area is 156 Å². The zero-order valence-corrected chi connectivity index (χ0v) is 15.6. The van der Waals surface area contributed by atoms with Crippen LogP contribution in [0.2, 0.25) is 0 Å². The number of primary amides is 1. The summed E-state index contributed by atoms with van der Waals surface area (Å²) in [4.78, 5) is 21.2. The first-order chi connectivity index (χ1) is 12.7. The van der Waals surface area contributed by atoms with Gasteiger partial charge in [0.1, 0.15) is 22.8 Å². The maximum absolute atomic E-state index is 13.9. The van der Waals surface area contributed by atoms with Crippen molar-refractivity contribution in [3.8, 4) is 0 Å². The number of carbonyl (C=O) groups is 1. The van der Waals surface area contributed by atoms with E-state index in [0.717, 1.165) is 37.6 Å². The van der Waals surface area contributed by atoms with E-state index in [1.54, 1.807) is 13.8 Å². The molecule has 146 valence electrons. The van der Waals surface area contributed by atoms with Crippen molar-refractivity contribution in [1.82, 2.24) is 14.9 Å². The number of aromatic amines is 1. The van der Waals surface area contributed by atoms with E-state index >= 15 is 0 Å². The largest absolute Gasteiger partial charge is 0.404 e. The molecule has 2 aromatic rings. The number of fused-ring (bicyclic) bond motifs is 1. The van der Waals surface area contributed by atoms with Crippen LogP contribution in [0.15, 0.2) is 18.3 Å². The van der Waals surface area contributed by atoms with E-state index in [2.05, 4.69) is 14.9 Å². The lowest BCUT2D eigenvalue weighted by atomic mass is 9.88. The molecule has 1 aromatic heterocycles. The van der Waals surface area contributed by atoms with Gasteiger partial charge >= 0.3 is 0 Å². The molecule has 8 heteroatoms. The van der Waals surface area contributed by atoms with Crippen LogP contribution in [-0.4, -0.2) is 46.1 Å². The number of nitrogens with one attached hydrogen (secondary N) is 1. The number of hydrogen-bond acceptors (Lipinski definition) is 4. The fourth-order valence-electron chi connectivity index (χ4n) is 3.75. The fraction of sp³-hybridized carbons (Fsp3) is 0.474. The van der Waals surface area contributed by atoms with Crippen LogP contribution in [0.1, 0.15) is 42.9 Å². The summed E-state index contributed by atoms with van der Waals surface area (Å²) >= 11 is 0. The van der Waals surface area contributed by atoms with Gasteiger partial charge in [0.25, 0.3) is 5.91 Å². The zero-order valence-electron chi connectivity index (χ0n) is 15.6. The molecule has 1 aliphatic rings. The van der Waals surface area contributed by atoms with E-state index in [0.29, 0.717) is 23.4 Å². The molecule has 0 aliphatic carbocycles. The van der Waals surface area contributed by atoms with Gasteiger partial charge in [0.05, 0.1) is 11.1 Å². The highest BCUT2D eigenvalue weighted by molar-refractivity contribution is 6.04. The van der Waals surface area contributed by atoms with Crippen molar-refractivity contribution in [1.29, 1.82) is 0 Å². The minimum Gasteiger partial charge on any atom is -0.404 e. The van der Waals surface area contributed by atoms with Crippen LogP contribution in [0.5, 0.6) is 0 Å². The first-order valence-corrected chi connectivity index (χ1v) is 9.00. The second-order valence-electron chi connectivity index (χ2n) is 7.69. The molecule has 2 heterocycles. The van der Waals surface area contributed by atoms with Gasteiger partial charge in [0, 0.05) is 18.3 Å². The van der Waals surface area contributed by atoms with Crippen molar-refractivity contribution in [3.05, 3.63) is 35.5 Å². The fourth-order valence-corrected chi connectivity index (χ4v) is 3.75. The Hall–Kier alpha value is -2.48. The molecule has 0 bridgehead atoms. The normalized spacial score (nSPS) is 17.6. The maximum Gasteiger partial charge on any atom is 0.251 e. The van der Waals surface area contributed by atoms with Gasteiger partial charge < -0.3 is 21.4 Å². The van der Waals surface area contributed by atoms with E-state index in [-0.39, 0.29) is 11.5 Å². The van der Waals surface area contributed by atoms with E-state index in [1.807, 2.05) is 0 Å². The van der Waals surface area contributed by atoms with Crippen molar-refractivity contribution in [2.24, 2.45) is 17.4 Å². The van der Waals surface area contributed by atoms with E-state index in [1.165, 1.54) is 12.3 Å². The lowest BCUT2D eigenvalue weighted by molar-refractivity contribution is 0.100. The Kier molecular flexibility index (Phi) is 5.19. The average Bonchev–Trinajstić information content (AvgIpc) is 2.98. The van der Waals surface area contributed by atoms with Gasteiger partial charge in [-0.3, -0.25) is 4.79 Å². The number of imidazole rings is 1. The topological polar surface area (TPSA) is 101 Å². The molecule has 1 aliphatic heterocycles. The number of carbonyl (C=O) groups excluding carboxylic acids is 1. The highest BCUT2D eigenvalue weighted by atomic mass is 19.1. The Bertz CT molecular complexity index is 876. The van der Waals surface area contributed by atoms with Gasteiger partial charge in [-0.15, -0.1) is 0 Å². The Morgan fingerprint density at radius 2 is 2.07 bits per heavy atom. The third kappa shape index (κ3) is 4.27. The number of amides is 1. The second kappa shape index (κ2) is 7.26. The molecule has 27 heavy (non-hydrogen) atoms. The number of H-pyrrole nitrogens is 1. The summed E-state index contributed by atoms with van der Waals surface area (Å²) < 4.78 is 27.6. The molecule has 0 radical (unpaired) electrons. The number of rotatable bonds is 5. The third-order valence-electron chi connectivity index (χ3n) is 4.90. The van der Waals surface area contributed by atoms with Gasteiger partial charge in [0.15, 0.2) is 0 Å². The predicted octanol–water partition coefficient (Wildman–Crippen LogP) is 2.56. The molecule has 1 aromatic carbocycles. The lowest BCUT2D eigenvalue weighted by Gasteiger charge is -2.35. The van der Waals surface area contributed by atoms with Gasteiger partial charge in [-0.25, -0.2) is 13.8 Å². The Morgan fingerprint density at radius 3 is 2.63 bits per heavy atom. The molecular formula is C19H25F2N5O. The molecular weight excluding hydrogens is 352 g/mol. The summed E-state index contributed by atoms with van der Waals surface area (Å²) in [7, 11) is 0. The summed E-state index contributed by atoms with van der Waals surface area (Å²) in [6, 6.07) is 2.36. The van der Waals surface area contributed by atoms with Crippen LogP contribution in [0, 0.1) is 11.7 Å². The number of alkyl halides is 1. The van der Waals surface area contributed by atoms with Crippen molar-refractivity contribution in [2.75, 3.05) is 19.6 Å². The minimum absolute atomic E-state index is 0.0314. The van der Waals surface area contributed by atoms with Gasteiger partial charge in [-0.2, -0.15) is 0 Å². The molecule has 3 rings (SSSR count). The molecule has 0 unspecified atom stereocenters. The number of likely N-dealkylation sites (tertiary alicyclic amines) is 1. The van der Waals surface area contributed by atoms with Crippen LogP contribution in [0.3, 0.4) is 0 Å². The number of allylic oxidation sites excluding steroid dienone is 1. The zero-order chi connectivity index (χ0) is 19.8. The molecule has 1 saturated heterocycles. The number of halogens is 2. The highest BCUT2D eigenvalue weighted by Crippen LogP contribution is 2.32. The third-order valence-corrected chi connectivity index (χ3v) is 4.90. The SMILES string of the molecule is CC(C)(F)CN1CCC(C(=CN)c2nc3c(C(N)=O)cc(F)cc3[nH]2)CC1. The minimum atomic E-state index is -1.23. The average molecular weight is 377 g/mol. The smallest absolute Gasteiger partial charge is 0.251 e. The van der Waals surface area contributed by atoms with Gasteiger partial charge in [0.2, 0.25) is 0 Å². The molecule has 1 amide bonds. The molecule has 6 nitrogen and oxygen atoms in total. The van der Waals surface area contributed by atoms with Gasteiger partial charge in [-0.05, 0) is 57.8 Å². The number of nitrogens with zero attached hydrogens (tertiary/aromatic N) is 2. The summed E-state index contributed by atoms with van der Waals surface area (Å²) in [5.74, 6) is -0.647. The van der Waals surface area contributed by atoms with Crippen LogP contribution < -0.4 is 11.5 Å². The highest BCUT2D eigenvalue weighted by Gasteiger charge is 2.28. The first-order valence-electron chi connectivity index (χ1n) is 9.00. The monoisotopic (exact) mass is 377 g/mol. The number of hydrogen-bond donors (Lipinski definition) is 3. The molecule has 0 spiro atoms. The van der Waals surface area contributed by atoms with E-state index in [4.69, 9.17) is 11.5 Å². The molecule has 0 saturated carbocycles. The van der Waals surface area contributed by atoms with Crippen LogP contribution >= 0.6 is 0 Å². The Morgan fingerprint density at radius 1 is 1.41 bits per heavy atom. The Balaban J connectivity index is 1.83. The van der Waals surface area contributed by atoms with Crippen molar-refractivity contribution < 1.29 is 13.6 Å². The number of piperidine rings is 1. The lowest BCUT2D eigenvalue weighted by Crippen LogP contribution is -2.41. The van der Waals surface area contributed by atoms with Crippen molar-refractivity contribution in [3.63, 3.8) is 0 Å². The molecule has 5 N–H and O–H groups in total. The number of nitrogens with two attached hydrogens (primary N) is 2. The molecule has 1 fully saturated rings. The quantitative estimate of drug-likeness (QED) is 0.745. The van der Waals surface area contributed by atoms with Gasteiger partial charge in [-0.1, -0.05) is 0 Å². The standard InChI is InChI=1S/C19H25F2N5O/c1-19(2,21)10-26-5-3-11(4-6-26)14(9-22)18-24-15-8-12(20)7-13(17(23)27)16(15)25-18/h7-9,11H,3-6,10,22H2,1-2H3,(H2,23,27)(H,24,25). The number of aromatic nitrogens is 2. The summed E-state index contributed by atoms with van der Waals surface area (Å²) in [6.45, 7) is 5.07. The number of benzene rings is 1. The summed E-state index contributed by atoms with van der Waals surface area (Å²) in [5.41, 5.74) is 11.5. The predicted molar refractivity (Wildman–Crippen MR) is 101 cm³/mol. The summed E-state index contributed by atoms with van der Waals surface area (Å²) in [5, 5.41) is 0. The molecule has 0 atom stereocenters. The summed E-state index contributed by atoms with van der Waals surface area (Å²) in [6.07, 6.45) is 3.12. The van der Waals surface area contributed by atoms with Crippen molar-refractivity contribution >= 4 is 22.5 Å². The van der Waals surface area contributed by atoms with Crippen LogP contribution in [0.25, 0.3) is 16.6 Å². The second-order valence-corrected chi connectivity index (χ2v) is 7.69. The van der Waals surface area contributed by atoms with E-state index < -0.39 is 17.4 Å². The van der Waals surface area contributed by atoms with Crippen LogP contribution in [0.4, 0.5) is 8.78 Å². The van der Waals surface area contributed by atoms with Crippen LogP contribution in [-0.2, 0) is 0 Å². The maximum atomic E-state index is 13.9.